The predicted octanol–water partition coefficient (Wildman–Crippen LogP) is 5.35. The number of carbonyl (C=O) groups excluding carboxylic acids is 3. The first-order chi connectivity index (χ1) is 14.8. The van der Waals surface area contributed by atoms with Gasteiger partial charge >= 0.3 is 0 Å². The summed E-state index contributed by atoms with van der Waals surface area (Å²) in [6.45, 7) is -0.205. The number of hydrogen-bond acceptors (Lipinski definition) is 5. The fourth-order valence-electron chi connectivity index (χ4n) is 2.60. The molecule has 1 saturated heterocycles. The van der Waals surface area contributed by atoms with Crippen LogP contribution in [0.3, 0.4) is 0 Å². The van der Waals surface area contributed by atoms with Gasteiger partial charge in [0.15, 0.2) is 0 Å². The summed E-state index contributed by atoms with van der Waals surface area (Å²) in [7, 11) is 0. The number of terminal acetylenes is 1. The Morgan fingerprint density at radius 3 is 2.58 bits per heavy atom. The molecule has 31 heavy (non-hydrogen) atoms. The van der Waals surface area contributed by atoms with Crippen molar-refractivity contribution in [3.8, 4) is 18.1 Å². The molecule has 0 unspecified atom stereocenters. The van der Waals surface area contributed by atoms with Crippen molar-refractivity contribution in [2.45, 2.75) is 0 Å². The summed E-state index contributed by atoms with van der Waals surface area (Å²) in [6.07, 6.45) is 6.88. The molecule has 0 aromatic heterocycles. The van der Waals surface area contributed by atoms with E-state index in [4.69, 9.17) is 11.2 Å². The van der Waals surface area contributed by atoms with Gasteiger partial charge in [-0.15, -0.1) is 6.42 Å². The van der Waals surface area contributed by atoms with Gasteiger partial charge in [-0.1, -0.05) is 18.1 Å². The van der Waals surface area contributed by atoms with E-state index in [-0.39, 0.29) is 18.1 Å². The van der Waals surface area contributed by atoms with Gasteiger partial charge in [-0.25, -0.2) is 0 Å². The second-order valence-corrected chi connectivity index (χ2v) is 10.3. The zero-order chi connectivity index (χ0) is 22.5. The highest BCUT2D eigenvalue weighted by Gasteiger charge is 2.36. The summed E-state index contributed by atoms with van der Waals surface area (Å²) in [5, 5.41) is 2.20. The molecule has 0 atom stereocenters. The summed E-state index contributed by atoms with van der Waals surface area (Å²) in [4.78, 5) is 38.6. The first kappa shape index (κ1) is 24.1. The molecular formula is C21H13BrI2N2O4S. The number of carbonyl (C=O) groups is 3. The number of hydrogen-bond donors (Lipinski definition) is 1. The molecule has 1 aliphatic rings. The number of benzene rings is 2. The van der Waals surface area contributed by atoms with Gasteiger partial charge in [-0.05, 0) is 109 Å². The second kappa shape index (κ2) is 10.8. The number of rotatable bonds is 6. The molecule has 0 saturated carbocycles. The lowest BCUT2D eigenvalue weighted by Crippen LogP contribution is -2.36. The molecule has 1 N–H and O–H groups in total. The van der Waals surface area contributed by atoms with Crippen LogP contribution in [0.1, 0.15) is 5.56 Å². The molecule has 1 fully saturated rings. The number of anilines is 1. The molecule has 1 aliphatic heterocycles. The van der Waals surface area contributed by atoms with Crippen LogP contribution in [0, 0.1) is 19.5 Å². The SMILES string of the molecule is C#CCOc1c(I)cc(/C=C2\SC(=O)N(CC(=O)Nc3ccccc3Br)C2=O)cc1I. The Labute approximate surface area is 218 Å². The van der Waals surface area contributed by atoms with E-state index in [0.717, 1.165) is 29.4 Å². The van der Waals surface area contributed by atoms with Crippen molar-refractivity contribution in [2.75, 3.05) is 18.5 Å². The zero-order valence-electron chi connectivity index (χ0n) is 15.7. The number of ether oxygens (including phenoxy) is 1. The number of thioether (sulfide) groups is 1. The minimum Gasteiger partial charge on any atom is -0.479 e. The summed E-state index contributed by atoms with van der Waals surface area (Å²) in [5.74, 6) is 2.13. The van der Waals surface area contributed by atoms with E-state index in [0.29, 0.717) is 15.9 Å². The molecule has 10 heteroatoms. The average Bonchev–Trinajstić information content (AvgIpc) is 2.96. The van der Waals surface area contributed by atoms with Crippen LogP contribution in [0.4, 0.5) is 10.5 Å². The van der Waals surface area contributed by atoms with Gasteiger partial charge in [-0.3, -0.25) is 19.3 Å². The smallest absolute Gasteiger partial charge is 0.294 e. The van der Waals surface area contributed by atoms with Gasteiger partial charge in [0, 0.05) is 4.47 Å². The van der Waals surface area contributed by atoms with E-state index in [9.17, 15) is 14.4 Å². The van der Waals surface area contributed by atoms with Crippen molar-refractivity contribution < 1.29 is 19.1 Å². The van der Waals surface area contributed by atoms with Gasteiger partial charge < -0.3 is 10.1 Å². The van der Waals surface area contributed by atoms with Crippen LogP contribution in [0.2, 0.25) is 0 Å². The highest BCUT2D eigenvalue weighted by atomic mass is 127. The largest absolute Gasteiger partial charge is 0.479 e. The standard InChI is InChI=1S/C21H13BrI2N2O4S/c1-2-7-30-19-14(23)8-12(9-15(19)24)10-17-20(28)26(21(29)31-17)11-18(27)25-16-6-4-3-5-13(16)22/h1,3-6,8-10H,7,11H2,(H,25,27)/b17-10-. The highest BCUT2D eigenvalue weighted by molar-refractivity contribution is 14.1. The summed E-state index contributed by atoms with van der Waals surface area (Å²) in [6, 6.07) is 10.8. The van der Waals surface area contributed by atoms with E-state index < -0.39 is 17.1 Å². The molecule has 0 radical (unpaired) electrons. The average molecular weight is 723 g/mol. The van der Waals surface area contributed by atoms with E-state index >= 15 is 0 Å². The minimum absolute atomic E-state index is 0.159. The Balaban J connectivity index is 1.74. The van der Waals surface area contributed by atoms with E-state index in [1.54, 1.807) is 24.3 Å². The number of amides is 3. The Kier molecular flexibility index (Phi) is 8.43. The second-order valence-electron chi connectivity index (χ2n) is 6.10. The third kappa shape index (κ3) is 6.03. The third-order valence-electron chi connectivity index (χ3n) is 3.94. The van der Waals surface area contributed by atoms with Crippen LogP contribution in [0.15, 0.2) is 45.8 Å². The summed E-state index contributed by atoms with van der Waals surface area (Å²) < 4.78 is 7.91. The maximum atomic E-state index is 12.7. The van der Waals surface area contributed by atoms with Crippen LogP contribution in [0.25, 0.3) is 6.08 Å². The van der Waals surface area contributed by atoms with Gasteiger partial charge in [0.05, 0.1) is 17.7 Å². The van der Waals surface area contributed by atoms with Crippen LogP contribution < -0.4 is 10.1 Å². The number of halogens is 3. The van der Waals surface area contributed by atoms with E-state index in [1.165, 1.54) is 0 Å². The molecule has 6 nitrogen and oxygen atoms in total. The third-order valence-corrected chi connectivity index (χ3v) is 7.14. The highest BCUT2D eigenvalue weighted by Crippen LogP contribution is 2.35. The van der Waals surface area contributed by atoms with Crippen molar-refractivity contribution in [1.29, 1.82) is 0 Å². The molecular weight excluding hydrogens is 710 g/mol. The number of nitrogens with zero attached hydrogens (tertiary/aromatic N) is 1. The molecule has 3 amide bonds. The Morgan fingerprint density at radius 1 is 1.26 bits per heavy atom. The number of nitrogens with one attached hydrogen (secondary N) is 1. The van der Waals surface area contributed by atoms with Gasteiger partial charge in [0.1, 0.15) is 18.9 Å². The maximum absolute atomic E-state index is 12.7. The fraction of sp³-hybridized carbons (Fsp3) is 0.0952. The Morgan fingerprint density at radius 2 is 1.94 bits per heavy atom. The van der Waals surface area contributed by atoms with E-state index in [2.05, 4.69) is 72.3 Å². The normalized spacial score (nSPS) is 14.6. The van der Waals surface area contributed by atoms with Crippen LogP contribution in [-0.4, -0.2) is 35.1 Å². The monoisotopic (exact) mass is 722 g/mol. The summed E-state index contributed by atoms with van der Waals surface area (Å²) >= 11 is 8.40. The molecule has 2 aromatic rings. The van der Waals surface area contributed by atoms with Crippen molar-refractivity contribution in [1.82, 2.24) is 4.90 Å². The lowest BCUT2D eigenvalue weighted by Gasteiger charge is -2.13. The molecule has 2 aromatic carbocycles. The quantitative estimate of drug-likeness (QED) is 0.248. The number of imide groups is 1. The molecule has 1 heterocycles. The summed E-state index contributed by atoms with van der Waals surface area (Å²) in [5.41, 5.74) is 1.30. The topological polar surface area (TPSA) is 75.7 Å². The Hall–Kier alpha value is -1.56. The fourth-order valence-corrected chi connectivity index (χ4v) is 5.95. The van der Waals surface area contributed by atoms with E-state index in [1.807, 2.05) is 18.2 Å². The van der Waals surface area contributed by atoms with Crippen LogP contribution >= 0.6 is 72.9 Å². The first-order valence-electron chi connectivity index (χ1n) is 8.65. The lowest BCUT2D eigenvalue weighted by molar-refractivity contribution is -0.127. The molecule has 3 rings (SSSR count). The predicted molar refractivity (Wildman–Crippen MR) is 142 cm³/mol. The number of para-hydroxylation sites is 1. The van der Waals surface area contributed by atoms with Gasteiger partial charge in [0.25, 0.3) is 11.1 Å². The lowest BCUT2D eigenvalue weighted by atomic mass is 10.2. The van der Waals surface area contributed by atoms with Crippen LogP contribution in [-0.2, 0) is 9.59 Å². The molecule has 0 aliphatic carbocycles. The minimum atomic E-state index is -0.505. The van der Waals surface area contributed by atoms with Crippen LogP contribution in [0.5, 0.6) is 5.75 Å². The molecule has 158 valence electrons. The first-order valence-corrected chi connectivity index (χ1v) is 12.4. The molecule has 0 spiro atoms. The zero-order valence-corrected chi connectivity index (χ0v) is 22.4. The van der Waals surface area contributed by atoms with Crippen molar-refractivity contribution >= 4 is 102 Å². The van der Waals surface area contributed by atoms with Gasteiger partial charge in [-0.2, -0.15) is 0 Å². The Bertz CT molecular complexity index is 1120. The molecule has 0 bridgehead atoms. The van der Waals surface area contributed by atoms with Gasteiger partial charge in [0.2, 0.25) is 5.91 Å². The van der Waals surface area contributed by atoms with Crippen molar-refractivity contribution in [3.63, 3.8) is 0 Å². The van der Waals surface area contributed by atoms with Crippen molar-refractivity contribution in [3.05, 3.63) is 58.5 Å². The van der Waals surface area contributed by atoms with Crippen molar-refractivity contribution in [2.24, 2.45) is 0 Å². The maximum Gasteiger partial charge on any atom is 0.294 e.